The van der Waals surface area contributed by atoms with Crippen LogP contribution in [0.1, 0.15) is 78.2 Å². The van der Waals surface area contributed by atoms with Crippen molar-refractivity contribution < 1.29 is 0 Å². The summed E-state index contributed by atoms with van der Waals surface area (Å²) in [5.74, 6) is 0. The van der Waals surface area contributed by atoms with Crippen LogP contribution in [0.25, 0.3) is 50.1 Å². The molecule has 2 aliphatic carbocycles. The summed E-state index contributed by atoms with van der Waals surface area (Å²) in [6.45, 7) is 13.9. The lowest BCUT2D eigenvalue weighted by atomic mass is 9.82. The molecule has 2 heterocycles. The largest absolute Gasteiger partial charge is 0.333 e. The number of benzene rings is 7. The normalized spacial score (nSPS) is 16.8. The summed E-state index contributed by atoms with van der Waals surface area (Å²) >= 11 is 0. The number of fused-ring (bicyclic) bond motifs is 8. The third kappa shape index (κ3) is 4.68. The van der Waals surface area contributed by atoms with Crippen LogP contribution in [0.2, 0.25) is 0 Å². The van der Waals surface area contributed by atoms with Gasteiger partial charge in [-0.2, -0.15) is 0 Å². The Bertz CT molecular complexity index is 2900. The molecule has 1 unspecified atom stereocenters. The molecule has 1 aromatic heterocycles. The number of hydrogen-bond acceptors (Lipinski definition) is 1. The standard InChI is InChI=1S/C54H46N2/c1-33-15-19-35(20-16-33)49-27-37-29-52-38(30-51(37)55(49)39-23-25-43-41-11-7-9-13-45(41)53(3,4)47(43)31-39)28-50(36-21-17-34(2)18-22-36)56(52)40-24-26-44-42-12-8-10-14-46(42)54(5,6)48(44)32-40/h7-27,29-32,50H,28H2,1-6H3. The molecule has 0 bridgehead atoms. The van der Waals surface area contributed by atoms with Gasteiger partial charge in [0, 0.05) is 33.3 Å². The van der Waals surface area contributed by atoms with Gasteiger partial charge in [0.05, 0.1) is 17.3 Å². The number of aromatic nitrogens is 1. The first-order chi connectivity index (χ1) is 27.1. The molecule has 0 radical (unpaired) electrons. The summed E-state index contributed by atoms with van der Waals surface area (Å²) in [4.78, 5) is 2.64. The predicted octanol–water partition coefficient (Wildman–Crippen LogP) is 14.0. The predicted molar refractivity (Wildman–Crippen MR) is 235 cm³/mol. The molecule has 8 aromatic rings. The van der Waals surface area contributed by atoms with Crippen LogP contribution >= 0.6 is 0 Å². The van der Waals surface area contributed by atoms with E-state index in [4.69, 9.17) is 0 Å². The number of hydrogen-bond donors (Lipinski definition) is 0. The molecule has 3 aliphatic rings. The summed E-state index contributed by atoms with van der Waals surface area (Å²) in [5, 5.41) is 1.26. The van der Waals surface area contributed by atoms with Crippen molar-refractivity contribution in [1.82, 2.24) is 4.57 Å². The zero-order valence-corrected chi connectivity index (χ0v) is 33.1. The average Bonchev–Trinajstić information content (AvgIpc) is 3.90. The maximum Gasteiger partial charge on any atom is 0.0632 e. The molecule has 56 heavy (non-hydrogen) atoms. The van der Waals surface area contributed by atoms with Crippen LogP contribution in [0.5, 0.6) is 0 Å². The fourth-order valence-electron chi connectivity index (χ4n) is 10.4. The highest BCUT2D eigenvalue weighted by Gasteiger charge is 2.39. The molecule has 7 aromatic carbocycles. The minimum Gasteiger partial charge on any atom is -0.333 e. The summed E-state index contributed by atoms with van der Waals surface area (Å²) in [7, 11) is 0. The van der Waals surface area contributed by atoms with E-state index in [2.05, 4.69) is 203 Å². The molecule has 2 heteroatoms. The van der Waals surface area contributed by atoms with E-state index < -0.39 is 0 Å². The van der Waals surface area contributed by atoms with Crippen LogP contribution in [0.3, 0.4) is 0 Å². The molecule has 0 N–H and O–H groups in total. The number of anilines is 2. The van der Waals surface area contributed by atoms with Crippen LogP contribution in [-0.2, 0) is 17.3 Å². The van der Waals surface area contributed by atoms with Crippen molar-refractivity contribution >= 4 is 22.3 Å². The van der Waals surface area contributed by atoms with E-state index in [0.717, 1.165) is 6.42 Å². The van der Waals surface area contributed by atoms with Crippen LogP contribution in [0, 0.1) is 13.8 Å². The average molecular weight is 723 g/mol. The second kappa shape index (κ2) is 11.7. The van der Waals surface area contributed by atoms with Crippen molar-refractivity contribution in [3.63, 3.8) is 0 Å². The van der Waals surface area contributed by atoms with Gasteiger partial charge in [-0.15, -0.1) is 0 Å². The van der Waals surface area contributed by atoms with E-state index in [-0.39, 0.29) is 16.9 Å². The van der Waals surface area contributed by atoms with E-state index >= 15 is 0 Å². The Morgan fingerprint density at radius 1 is 0.500 bits per heavy atom. The molecule has 1 atom stereocenters. The van der Waals surface area contributed by atoms with Crippen LogP contribution in [0.15, 0.2) is 152 Å². The van der Waals surface area contributed by atoms with Crippen molar-refractivity contribution in [2.45, 2.75) is 64.8 Å². The van der Waals surface area contributed by atoms with Gasteiger partial charge in [0.15, 0.2) is 0 Å². The maximum absolute atomic E-state index is 2.64. The number of rotatable bonds is 4. The Morgan fingerprint density at radius 2 is 1.04 bits per heavy atom. The van der Waals surface area contributed by atoms with Gasteiger partial charge in [0.2, 0.25) is 0 Å². The summed E-state index contributed by atoms with van der Waals surface area (Å²) < 4.78 is 2.53. The highest BCUT2D eigenvalue weighted by molar-refractivity contribution is 5.95. The van der Waals surface area contributed by atoms with Gasteiger partial charge in [-0.25, -0.2) is 0 Å². The molecule has 0 spiro atoms. The topological polar surface area (TPSA) is 8.17 Å². The van der Waals surface area contributed by atoms with Crippen LogP contribution in [0.4, 0.5) is 11.4 Å². The molecule has 0 saturated carbocycles. The summed E-state index contributed by atoms with van der Waals surface area (Å²) in [6.07, 6.45) is 0.937. The number of nitrogens with zero attached hydrogens (tertiary/aromatic N) is 2. The lowest BCUT2D eigenvalue weighted by Crippen LogP contribution is -2.21. The first-order valence-corrected chi connectivity index (χ1v) is 20.2. The van der Waals surface area contributed by atoms with Gasteiger partial charge in [-0.05, 0) is 124 Å². The molecule has 272 valence electrons. The molecule has 2 nitrogen and oxygen atoms in total. The van der Waals surface area contributed by atoms with Crippen molar-refractivity contribution in [1.29, 1.82) is 0 Å². The number of aryl methyl sites for hydroxylation is 2. The van der Waals surface area contributed by atoms with Crippen molar-refractivity contribution in [3.8, 4) is 39.2 Å². The van der Waals surface area contributed by atoms with E-state index in [1.165, 1.54) is 106 Å². The van der Waals surface area contributed by atoms with Gasteiger partial charge >= 0.3 is 0 Å². The molecule has 1 aliphatic heterocycles. The Hall–Kier alpha value is -6.12. The molecule has 0 saturated heterocycles. The van der Waals surface area contributed by atoms with Crippen LogP contribution in [-0.4, -0.2) is 4.57 Å². The third-order valence-corrected chi connectivity index (χ3v) is 13.5. The van der Waals surface area contributed by atoms with Gasteiger partial charge in [-0.3, -0.25) is 0 Å². The lowest BCUT2D eigenvalue weighted by Gasteiger charge is -2.30. The van der Waals surface area contributed by atoms with E-state index in [1.807, 2.05) is 0 Å². The quantitative estimate of drug-likeness (QED) is 0.176. The minimum atomic E-state index is -0.0796. The zero-order chi connectivity index (χ0) is 38.1. The molecule has 11 rings (SSSR count). The Morgan fingerprint density at radius 3 is 1.66 bits per heavy atom. The van der Waals surface area contributed by atoms with Crippen molar-refractivity contribution in [3.05, 3.63) is 196 Å². The summed E-state index contributed by atoms with van der Waals surface area (Å²) in [5.41, 5.74) is 23.6. The Labute approximate surface area is 330 Å². The van der Waals surface area contributed by atoms with Gasteiger partial charge in [-0.1, -0.05) is 148 Å². The Kier molecular flexibility index (Phi) is 6.94. The highest BCUT2D eigenvalue weighted by atomic mass is 15.2. The maximum atomic E-state index is 2.64. The molecule has 0 fully saturated rings. The van der Waals surface area contributed by atoms with Gasteiger partial charge in [0.1, 0.15) is 0 Å². The van der Waals surface area contributed by atoms with E-state index in [0.29, 0.717) is 0 Å². The first kappa shape index (κ1) is 33.2. The second-order valence-electron chi connectivity index (χ2n) is 17.6. The van der Waals surface area contributed by atoms with Crippen molar-refractivity contribution in [2.24, 2.45) is 0 Å². The third-order valence-electron chi connectivity index (χ3n) is 13.5. The van der Waals surface area contributed by atoms with Crippen LogP contribution < -0.4 is 4.90 Å². The van der Waals surface area contributed by atoms with E-state index in [1.54, 1.807) is 0 Å². The van der Waals surface area contributed by atoms with Crippen molar-refractivity contribution in [2.75, 3.05) is 4.90 Å². The summed E-state index contributed by atoms with van der Waals surface area (Å²) in [6, 6.07) is 58.1. The minimum absolute atomic E-state index is 0.0697. The molecular formula is C54H46N2. The highest BCUT2D eigenvalue weighted by Crippen LogP contribution is 2.54. The van der Waals surface area contributed by atoms with Gasteiger partial charge < -0.3 is 9.47 Å². The zero-order valence-electron chi connectivity index (χ0n) is 33.1. The molecule has 0 amide bonds. The first-order valence-electron chi connectivity index (χ1n) is 20.2. The SMILES string of the molecule is Cc1ccc(-c2cc3cc4c(cc3n2-c2ccc3c(c2)C(C)(C)c2ccccc2-3)CC(c2ccc(C)cc2)N4c2ccc3c(c2)C(C)(C)c2ccccc2-3)cc1. The smallest absolute Gasteiger partial charge is 0.0632 e. The molecular weight excluding hydrogens is 677 g/mol. The monoisotopic (exact) mass is 722 g/mol. The van der Waals surface area contributed by atoms with Gasteiger partial charge in [0.25, 0.3) is 0 Å². The fraction of sp³-hybridized carbons (Fsp3) is 0.185. The lowest BCUT2D eigenvalue weighted by molar-refractivity contribution is 0.659. The Balaban J connectivity index is 1.12. The van der Waals surface area contributed by atoms with E-state index in [9.17, 15) is 0 Å². The fourth-order valence-corrected chi connectivity index (χ4v) is 10.4. The second-order valence-corrected chi connectivity index (χ2v) is 17.6.